The van der Waals surface area contributed by atoms with Crippen molar-refractivity contribution in [2.24, 2.45) is 0 Å². The fourth-order valence-corrected chi connectivity index (χ4v) is 3.60. The Bertz CT molecular complexity index is 663. The van der Waals surface area contributed by atoms with Crippen molar-refractivity contribution in [3.63, 3.8) is 0 Å². The molecule has 0 bridgehead atoms. The Kier molecular flexibility index (Phi) is 6.14. The van der Waals surface area contributed by atoms with Gasteiger partial charge < -0.3 is 9.84 Å². The van der Waals surface area contributed by atoms with Crippen LogP contribution in [0, 0.1) is 0 Å². The number of benzene rings is 1. The van der Waals surface area contributed by atoms with Crippen LogP contribution in [0.15, 0.2) is 27.6 Å². The number of aliphatic carboxylic acids is 1. The van der Waals surface area contributed by atoms with E-state index in [0.29, 0.717) is 4.47 Å². The molecule has 21 heavy (non-hydrogen) atoms. The summed E-state index contributed by atoms with van der Waals surface area (Å²) < 4.78 is 31.0. The highest BCUT2D eigenvalue weighted by molar-refractivity contribution is 9.10. The van der Waals surface area contributed by atoms with Gasteiger partial charge in [-0.2, -0.15) is 4.72 Å². The maximum Gasteiger partial charge on any atom is 0.322 e. The van der Waals surface area contributed by atoms with Crippen molar-refractivity contribution in [2.75, 3.05) is 7.11 Å². The zero-order valence-electron chi connectivity index (χ0n) is 10.7. The highest BCUT2D eigenvalue weighted by Crippen LogP contribution is 2.25. The highest BCUT2D eigenvalue weighted by atomic mass is 79.9. The van der Waals surface area contributed by atoms with E-state index in [4.69, 9.17) is 16.7 Å². The SMILES string of the molecule is COC(=O)C[C@H](NS(=O)(=O)c1ccc(Br)cc1Cl)C(=O)O. The van der Waals surface area contributed by atoms with Crippen LogP contribution in [0.3, 0.4) is 0 Å². The molecule has 2 N–H and O–H groups in total. The monoisotopic (exact) mass is 399 g/mol. The van der Waals surface area contributed by atoms with Crippen LogP contribution in [0.2, 0.25) is 5.02 Å². The van der Waals surface area contributed by atoms with Crippen LogP contribution < -0.4 is 4.72 Å². The molecule has 0 radical (unpaired) electrons. The van der Waals surface area contributed by atoms with Crippen LogP contribution in [0.4, 0.5) is 0 Å². The van der Waals surface area contributed by atoms with E-state index in [-0.39, 0.29) is 9.92 Å². The van der Waals surface area contributed by atoms with E-state index in [9.17, 15) is 18.0 Å². The zero-order chi connectivity index (χ0) is 16.2. The Labute approximate surface area is 134 Å². The third-order valence-corrected chi connectivity index (χ3v) is 4.83. The van der Waals surface area contributed by atoms with Crippen LogP contribution in [-0.4, -0.2) is 38.6 Å². The molecule has 1 aromatic rings. The van der Waals surface area contributed by atoms with E-state index >= 15 is 0 Å². The topological polar surface area (TPSA) is 110 Å². The summed E-state index contributed by atoms with van der Waals surface area (Å²) in [6.45, 7) is 0. The molecule has 0 fully saturated rings. The Morgan fingerprint density at radius 3 is 2.57 bits per heavy atom. The van der Waals surface area contributed by atoms with Gasteiger partial charge in [-0.15, -0.1) is 0 Å². The fraction of sp³-hybridized carbons (Fsp3) is 0.273. The van der Waals surface area contributed by atoms with Crippen molar-refractivity contribution in [3.05, 3.63) is 27.7 Å². The van der Waals surface area contributed by atoms with Crippen molar-refractivity contribution < 1.29 is 27.9 Å². The number of carbonyl (C=O) groups excluding carboxylic acids is 1. The zero-order valence-corrected chi connectivity index (χ0v) is 13.8. The molecule has 0 spiro atoms. The lowest BCUT2D eigenvalue weighted by Gasteiger charge is -2.14. The number of ether oxygens (including phenoxy) is 1. The van der Waals surface area contributed by atoms with E-state index in [0.717, 1.165) is 7.11 Å². The number of carboxylic acids is 1. The number of carboxylic acid groups (broad SMARTS) is 1. The molecule has 0 amide bonds. The van der Waals surface area contributed by atoms with E-state index in [1.165, 1.54) is 18.2 Å². The molecule has 1 atom stereocenters. The van der Waals surface area contributed by atoms with Crippen LogP contribution in [0.5, 0.6) is 0 Å². The summed E-state index contributed by atoms with van der Waals surface area (Å²) >= 11 is 8.95. The van der Waals surface area contributed by atoms with Crippen molar-refractivity contribution >= 4 is 49.5 Å². The van der Waals surface area contributed by atoms with E-state index < -0.39 is 34.4 Å². The summed E-state index contributed by atoms with van der Waals surface area (Å²) in [6, 6.07) is 2.36. The lowest BCUT2D eigenvalue weighted by atomic mass is 10.2. The summed E-state index contributed by atoms with van der Waals surface area (Å²) in [6.07, 6.45) is -0.640. The predicted octanol–water partition coefficient (Wildman–Crippen LogP) is 1.40. The third kappa shape index (κ3) is 4.95. The molecule has 1 rings (SSSR count). The summed E-state index contributed by atoms with van der Waals surface area (Å²) in [5, 5.41) is 8.88. The summed E-state index contributed by atoms with van der Waals surface area (Å²) in [5.74, 6) is -2.36. The molecule has 0 heterocycles. The lowest BCUT2D eigenvalue weighted by Crippen LogP contribution is -2.42. The van der Waals surface area contributed by atoms with Gasteiger partial charge in [0.2, 0.25) is 10.0 Å². The Morgan fingerprint density at radius 2 is 2.10 bits per heavy atom. The average Bonchev–Trinajstić information content (AvgIpc) is 2.36. The molecular weight excluding hydrogens is 390 g/mol. The second kappa shape index (κ2) is 7.21. The molecule has 0 saturated heterocycles. The smallest absolute Gasteiger partial charge is 0.322 e. The number of hydrogen-bond donors (Lipinski definition) is 2. The minimum absolute atomic E-state index is 0.0842. The van der Waals surface area contributed by atoms with E-state index in [2.05, 4.69) is 20.7 Å². The summed E-state index contributed by atoms with van der Waals surface area (Å²) in [4.78, 5) is 21.8. The minimum Gasteiger partial charge on any atom is -0.480 e. The van der Waals surface area contributed by atoms with Gasteiger partial charge in [0.1, 0.15) is 10.9 Å². The minimum atomic E-state index is -4.20. The Morgan fingerprint density at radius 1 is 1.48 bits per heavy atom. The first kappa shape index (κ1) is 17.9. The van der Waals surface area contributed by atoms with Crippen molar-refractivity contribution in [1.82, 2.24) is 4.72 Å². The fourth-order valence-electron chi connectivity index (χ4n) is 1.37. The first-order valence-corrected chi connectivity index (χ1v) is 8.10. The number of esters is 1. The first-order chi connectivity index (χ1) is 9.67. The van der Waals surface area contributed by atoms with Gasteiger partial charge in [0.25, 0.3) is 0 Å². The van der Waals surface area contributed by atoms with Gasteiger partial charge in [-0.25, -0.2) is 8.42 Å². The molecule has 0 saturated carbocycles. The van der Waals surface area contributed by atoms with Crippen molar-refractivity contribution in [1.29, 1.82) is 0 Å². The van der Waals surface area contributed by atoms with Gasteiger partial charge in [0, 0.05) is 4.47 Å². The standard InChI is InChI=1S/C11H11BrClNO6S/c1-20-10(15)5-8(11(16)17)14-21(18,19)9-3-2-6(12)4-7(9)13/h2-4,8,14H,5H2,1H3,(H,16,17)/t8-/m0/s1. The molecule has 0 aromatic heterocycles. The number of sulfonamides is 1. The first-order valence-electron chi connectivity index (χ1n) is 5.44. The second-order valence-corrected chi connectivity index (χ2v) is 6.87. The van der Waals surface area contributed by atoms with Crippen molar-refractivity contribution in [2.45, 2.75) is 17.4 Å². The van der Waals surface area contributed by atoms with Gasteiger partial charge >= 0.3 is 11.9 Å². The predicted molar refractivity (Wildman–Crippen MR) is 77.5 cm³/mol. The lowest BCUT2D eigenvalue weighted by molar-refractivity contribution is -0.147. The number of rotatable bonds is 6. The molecule has 0 aliphatic heterocycles. The summed E-state index contributed by atoms with van der Waals surface area (Å²) in [7, 11) is -3.13. The molecule has 7 nitrogen and oxygen atoms in total. The molecule has 0 aliphatic carbocycles. The molecule has 10 heteroatoms. The third-order valence-electron chi connectivity index (χ3n) is 2.38. The van der Waals surface area contributed by atoms with E-state index in [1.54, 1.807) is 0 Å². The van der Waals surface area contributed by atoms with Crippen LogP contribution >= 0.6 is 27.5 Å². The maximum atomic E-state index is 12.1. The maximum absolute atomic E-state index is 12.1. The molecule has 116 valence electrons. The Balaban J connectivity index is 3.06. The number of methoxy groups -OCH3 is 1. The molecule has 0 unspecified atom stereocenters. The van der Waals surface area contributed by atoms with Crippen LogP contribution in [0.25, 0.3) is 0 Å². The van der Waals surface area contributed by atoms with Gasteiger partial charge in [-0.3, -0.25) is 9.59 Å². The van der Waals surface area contributed by atoms with Gasteiger partial charge in [0.05, 0.1) is 18.6 Å². The Hall–Kier alpha value is -1.16. The molecule has 1 aromatic carbocycles. The number of halogens is 2. The quantitative estimate of drug-likeness (QED) is 0.699. The van der Waals surface area contributed by atoms with Gasteiger partial charge in [-0.1, -0.05) is 27.5 Å². The highest BCUT2D eigenvalue weighted by Gasteiger charge is 2.29. The average molecular weight is 401 g/mol. The number of nitrogens with one attached hydrogen (secondary N) is 1. The van der Waals surface area contributed by atoms with Crippen LogP contribution in [0.1, 0.15) is 6.42 Å². The normalized spacial score (nSPS) is 12.7. The van der Waals surface area contributed by atoms with Gasteiger partial charge in [0.15, 0.2) is 0 Å². The molecular formula is C11H11BrClNO6S. The number of carbonyl (C=O) groups is 2. The second-order valence-electron chi connectivity index (χ2n) is 3.87. The van der Waals surface area contributed by atoms with E-state index in [1.807, 2.05) is 4.72 Å². The van der Waals surface area contributed by atoms with Crippen LogP contribution in [-0.2, 0) is 24.3 Å². The van der Waals surface area contributed by atoms with Crippen molar-refractivity contribution in [3.8, 4) is 0 Å². The number of hydrogen-bond acceptors (Lipinski definition) is 5. The largest absolute Gasteiger partial charge is 0.480 e. The molecule has 0 aliphatic rings. The van der Waals surface area contributed by atoms with Gasteiger partial charge in [-0.05, 0) is 18.2 Å². The summed E-state index contributed by atoms with van der Waals surface area (Å²) in [5.41, 5.74) is 0.